The van der Waals surface area contributed by atoms with Crippen molar-refractivity contribution in [3.63, 3.8) is 0 Å². The van der Waals surface area contributed by atoms with Gasteiger partial charge in [0, 0.05) is 37.5 Å². The second kappa shape index (κ2) is 21.8. The standard InChI is InChI=1S/C26H40O4.C25H38O4.CH4/c1-7-26(5,6)25(28)30-23-13-16(2)12-19-9-8-17(3)22(24(19)23)11-10-21-15-20(27)14-18(4)29-21;1-6-16(3)25(27)29-23-12-15(2)11-19-8-7-17(4)22(24(19)23)10-9-21-14-20(26)13-18(5)28-21;/h8-9,12,16-17,20-24,27H,4,7,10-11,13-15H2,1-3,5-6H3;7-8,11,15-17,20-24,26H,5-6,9-10,12-14H2,1-4H3;1H4/t16-,17-,20-,21+,22-,23-,24-;15-,16-,17-,20-,21+,22-,23-,24-;/m00./s1. The zero-order valence-electron chi connectivity index (χ0n) is 37.9. The van der Waals surface area contributed by atoms with E-state index in [1.54, 1.807) is 0 Å². The van der Waals surface area contributed by atoms with Crippen LogP contribution in [-0.2, 0) is 28.5 Å². The van der Waals surface area contributed by atoms with Crippen LogP contribution in [-0.4, -0.2) is 58.8 Å². The van der Waals surface area contributed by atoms with E-state index in [0.717, 1.165) is 51.4 Å². The van der Waals surface area contributed by atoms with Crippen molar-refractivity contribution < 1.29 is 38.7 Å². The Labute approximate surface area is 364 Å². The summed E-state index contributed by atoms with van der Waals surface area (Å²) in [4.78, 5) is 25.5. The second-order valence-corrected chi connectivity index (χ2v) is 19.9. The van der Waals surface area contributed by atoms with E-state index >= 15 is 0 Å². The van der Waals surface area contributed by atoms with E-state index in [0.29, 0.717) is 72.7 Å². The fourth-order valence-electron chi connectivity index (χ4n) is 10.4. The molecule has 6 aliphatic rings. The summed E-state index contributed by atoms with van der Waals surface area (Å²) < 4.78 is 24.1. The molecular weight excluding hydrogens is 753 g/mol. The highest BCUT2D eigenvalue weighted by Gasteiger charge is 2.44. The van der Waals surface area contributed by atoms with Gasteiger partial charge in [0.25, 0.3) is 0 Å². The van der Waals surface area contributed by atoms with Gasteiger partial charge in [-0.1, -0.05) is 106 Å². The molecule has 0 spiro atoms. The first-order chi connectivity index (χ1) is 27.9. The molecule has 2 aliphatic heterocycles. The lowest BCUT2D eigenvalue weighted by atomic mass is 9.65. The molecule has 0 amide bonds. The Bertz CT molecular complexity index is 1600. The number of carbonyl (C=O) groups excluding carboxylic acids is 2. The first-order valence-corrected chi connectivity index (χ1v) is 23.1. The molecule has 338 valence electrons. The van der Waals surface area contributed by atoms with Gasteiger partial charge >= 0.3 is 11.9 Å². The van der Waals surface area contributed by atoms with Crippen LogP contribution in [0.2, 0.25) is 0 Å². The lowest BCUT2D eigenvalue weighted by Crippen LogP contribution is -2.43. The number of ether oxygens (including phenoxy) is 4. The van der Waals surface area contributed by atoms with Crippen molar-refractivity contribution in [2.45, 2.75) is 183 Å². The lowest BCUT2D eigenvalue weighted by molar-refractivity contribution is -0.164. The average Bonchev–Trinajstić information content (AvgIpc) is 3.16. The first kappa shape index (κ1) is 49.6. The number of hydrogen-bond donors (Lipinski definition) is 2. The monoisotopic (exact) mass is 835 g/mol. The highest BCUT2D eigenvalue weighted by atomic mass is 16.6. The van der Waals surface area contributed by atoms with Gasteiger partial charge < -0.3 is 29.2 Å². The van der Waals surface area contributed by atoms with Gasteiger partial charge in [0.2, 0.25) is 0 Å². The maximum atomic E-state index is 12.9. The van der Waals surface area contributed by atoms with E-state index in [1.807, 2.05) is 34.6 Å². The molecule has 15 atom stereocenters. The van der Waals surface area contributed by atoms with E-state index in [2.05, 4.69) is 77.3 Å². The molecule has 2 saturated heterocycles. The minimum atomic E-state index is -0.456. The molecule has 0 aromatic rings. The molecule has 0 radical (unpaired) electrons. The maximum absolute atomic E-state index is 12.9. The number of aliphatic hydroxyl groups excluding tert-OH is 2. The zero-order valence-corrected chi connectivity index (χ0v) is 37.9. The van der Waals surface area contributed by atoms with Crippen LogP contribution in [0.25, 0.3) is 0 Å². The van der Waals surface area contributed by atoms with E-state index in [9.17, 15) is 19.8 Å². The molecule has 6 rings (SSSR count). The van der Waals surface area contributed by atoms with Crippen molar-refractivity contribution in [1.82, 2.24) is 0 Å². The van der Waals surface area contributed by atoms with Crippen molar-refractivity contribution in [3.8, 4) is 0 Å². The van der Waals surface area contributed by atoms with Crippen LogP contribution in [0.4, 0.5) is 0 Å². The van der Waals surface area contributed by atoms with Crippen LogP contribution in [0.15, 0.2) is 72.3 Å². The average molecular weight is 835 g/mol. The Morgan fingerprint density at radius 2 is 1.18 bits per heavy atom. The summed E-state index contributed by atoms with van der Waals surface area (Å²) >= 11 is 0. The van der Waals surface area contributed by atoms with Crippen LogP contribution in [0.3, 0.4) is 0 Å². The van der Waals surface area contributed by atoms with E-state index < -0.39 is 5.41 Å². The topological polar surface area (TPSA) is 112 Å². The van der Waals surface area contributed by atoms with Crippen LogP contribution < -0.4 is 0 Å². The fourth-order valence-corrected chi connectivity index (χ4v) is 10.4. The predicted octanol–water partition coefficient (Wildman–Crippen LogP) is 11.4. The van der Waals surface area contributed by atoms with Crippen LogP contribution in [0, 0.1) is 58.7 Å². The summed E-state index contributed by atoms with van der Waals surface area (Å²) in [6.45, 7) is 26.7. The molecule has 8 heteroatoms. The summed E-state index contributed by atoms with van der Waals surface area (Å²) in [7, 11) is 0. The normalized spacial score (nSPS) is 36.6. The number of fused-ring (bicyclic) bond motifs is 2. The maximum Gasteiger partial charge on any atom is 0.311 e. The number of carbonyl (C=O) groups is 2. The lowest BCUT2D eigenvalue weighted by Gasteiger charge is -2.44. The fraction of sp³-hybridized carbons (Fsp3) is 0.731. The summed E-state index contributed by atoms with van der Waals surface area (Å²) in [5, 5.41) is 20.1. The number of hydrogen-bond acceptors (Lipinski definition) is 8. The van der Waals surface area contributed by atoms with Gasteiger partial charge in [-0.25, -0.2) is 0 Å². The van der Waals surface area contributed by atoms with Gasteiger partial charge in [-0.2, -0.15) is 0 Å². The van der Waals surface area contributed by atoms with Gasteiger partial charge in [0.15, 0.2) is 0 Å². The second-order valence-electron chi connectivity index (χ2n) is 19.9. The SMILES string of the molecule is C.C=C1C[C@H](O)C[C@@H](CC[C@@H]2[C@@H]3C(=C[C@H](C)C[C@@H]3OC(=O)C(C)(C)CC)C=C[C@@H]2C)O1.C=C1C[C@H](O)C[C@@H](CC[C@@H]2[C@@H]3C(=C[C@H](C)C[C@@H]3OC(=O)[C@@H](C)CC)C=C[C@@H]2C)O1. The number of aliphatic hydroxyl groups is 2. The predicted molar refractivity (Wildman–Crippen MR) is 241 cm³/mol. The minimum absolute atomic E-state index is 0. The van der Waals surface area contributed by atoms with Crippen molar-refractivity contribution >= 4 is 11.9 Å². The van der Waals surface area contributed by atoms with Gasteiger partial charge in [0.05, 0.1) is 35.1 Å². The molecule has 0 saturated carbocycles. The summed E-state index contributed by atoms with van der Waals surface area (Å²) in [6.07, 6.45) is 22.5. The molecule has 0 aromatic heterocycles. The molecule has 2 fully saturated rings. The van der Waals surface area contributed by atoms with Gasteiger partial charge in [-0.3, -0.25) is 9.59 Å². The largest absolute Gasteiger partial charge is 0.495 e. The highest BCUT2D eigenvalue weighted by molar-refractivity contribution is 5.76. The number of allylic oxidation sites excluding steroid dienone is 6. The van der Waals surface area contributed by atoms with Crippen molar-refractivity contribution in [2.24, 2.45) is 58.7 Å². The third-order valence-corrected chi connectivity index (χ3v) is 14.5. The molecule has 8 nitrogen and oxygen atoms in total. The molecule has 2 N–H and O–H groups in total. The van der Waals surface area contributed by atoms with Crippen molar-refractivity contribution in [3.05, 3.63) is 72.3 Å². The summed E-state index contributed by atoms with van der Waals surface area (Å²) in [6, 6.07) is 0. The highest BCUT2D eigenvalue weighted by Crippen LogP contribution is 2.47. The molecule has 0 bridgehead atoms. The zero-order chi connectivity index (χ0) is 43.2. The summed E-state index contributed by atoms with van der Waals surface area (Å²) in [5.41, 5.74) is 2.18. The molecule has 0 aromatic carbocycles. The smallest absolute Gasteiger partial charge is 0.311 e. The first-order valence-electron chi connectivity index (χ1n) is 23.1. The Balaban J connectivity index is 0.000000260. The Kier molecular flexibility index (Phi) is 18.0. The van der Waals surface area contributed by atoms with Gasteiger partial charge in [0.1, 0.15) is 24.4 Å². The number of esters is 2. The van der Waals surface area contributed by atoms with Gasteiger partial charge in [-0.05, 0) is 112 Å². The summed E-state index contributed by atoms with van der Waals surface area (Å²) in [5.74, 6) is 4.10. The van der Waals surface area contributed by atoms with Crippen molar-refractivity contribution in [2.75, 3.05) is 0 Å². The van der Waals surface area contributed by atoms with E-state index in [-0.39, 0.29) is 73.7 Å². The molecule has 4 aliphatic carbocycles. The minimum Gasteiger partial charge on any atom is -0.495 e. The quantitative estimate of drug-likeness (QED) is 0.187. The van der Waals surface area contributed by atoms with Crippen LogP contribution in [0.5, 0.6) is 0 Å². The number of rotatable bonds is 12. The van der Waals surface area contributed by atoms with Crippen molar-refractivity contribution in [1.29, 1.82) is 0 Å². The van der Waals surface area contributed by atoms with Crippen LogP contribution in [0.1, 0.15) is 147 Å². The Morgan fingerprint density at radius 1 is 0.750 bits per heavy atom. The third kappa shape index (κ3) is 12.7. The molecule has 60 heavy (non-hydrogen) atoms. The molecule has 2 heterocycles. The van der Waals surface area contributed by atoms with Gasteiger partial charge in [-0.15, -0.1) is 0 Å². The Hall–Kier alpha value is -3.10. The van der Waals surface area contributed by atoms with E-state index in [1.165, 1.54) is 11.1 Å². The van der Waals surface area contributed by atoms with Crippen LogP contribution >= 0.6 is 0 Å². The Morgan fingerprint density at radius 3 is 1.58 bits per heavy atom. The molecule has 0 unspecified atom stereocenters. The van der Waals surface area contributed by atoms with E-state index in [4.69, 9.17) is 18.9 Å². The molecular formula is C52H82O8. The third-order valence-electron chi connectivity index (χ3n) is 14.5.